The minimum atomic E-state index is -0.574. The fourth-order valence-corrected chi connectivity index (χ4v) is 2.67. The van der Waals surface area contributed by atoms with E-state index in [4.69, 9.17) is 32.7 Å². The quantitative estimate of drug-likeness (QED) is 0.404. The van der Waals surface area contributed by atoms with Crippen molar-refractivity contribution in [2.75, 3.05) is 7.11 Å². The Morgan fingerprint density at radius 1 is 1.20 bits per heavy atom. The number of esters is 1. The normalized spacial score (nSPS) is 10.2. The Kier molecular flexibility index (Phi) is 5.12. The Morgan fingerprint density at radius 3 is 2.55 bits per heavy atom. The van der Waals surface area contributed by atoms with E-state index < -0.39 is 5.97 Å². The van der Waals surface area contributed by atoms with Crippen LogP contribution in [0.2, 0.25) is 10.0 Å². The summed E-state index contributed by atoms with van der Waals surface area (Å²) < 4.78 is 11.3. The van der Waals surface area contributed by atoms with E-state index in [1.165, 1.54) is 19.2 Å². The number of para-hydroxylation sites is 1. The molecule has 0 saturated carbocycles. The summed E-state index contributed by atoms with van der Waals surface area (Å²) in [5.74, 6) is 0.138. The molecule has 0 atom stereocenters. The van der Waals surface area contributed by atoms with Crippen molar-refractivity contribution in [3.63, 3.8) is 0 Å². The second kappa shape index (κ2) is 6.65. The second-order valence-corrected chi connectivity index (χ2v) is 5.79. The number of benzene rings is 2. The molecular formula is C14H9Cl2IO3. The van der Waals surface area contributed by atoms with Gasteiger partial charge in [-0.3, -0.25) is 0 Å². The van der Waals surface area contributed by atoms with Crippen molar-refractivity contribution in [3.05, 3.63) is 55.6 Å². The van der Waals surface area contributed by atoms with Crippen LogP contribution in [-0.4, -0.2) is 13.1 Å². The van der Waals surface area contributed by atoms with Gasteiger partial charge in [-0.05, 0) is 46.9 Å². The maximum absolute atomic E-state index is 12.2. The van der Waals surface area contributed by atoms with Crippen LogP contribution in [0.5, 0.6) is 11.5 Å². The molecule has 104 valence electrons. The van der Waals surface area contributed by atoms with E-state index in [9.17, 15) is 4.79 Å². The van der Waals surface area contributed by atoms with E-state index in [2.05, 4.69) is 22.6 Å². The summed E-state index contributed by atoms with van der Waals surface area (Å²) in [6.45, 7) is 0. The van der Waals surface area contributed by atoms with Crippen molar-refractivity contribution < 1.29 is 14.3 Å². The highest BCUT2D eigenvalue weighted by Gasteiger charge is 2.19. The van der Waals surface area contributed by atoms with Gasteiger partial charge in [-0.1, -0.05) is 35.3 Å². The molecule has 0 unspecified atom stereocenters. The first-order valence-corrected chi connectivity index (χ1v) is 7.36. The number of methoxy groups -OCH3 is 1. The third kappa shape index (κ3) is 3.37. The van der Waals surface area contributed by atoms with E-state index in [0.717, 1.165) is 3.57 Å². The minimum absolute atomic E-state index is 0.185. The number of hydrogen-bond acceptors (Lipinski definition) is 3. The third-order valence-electron chi connectivity index (χ3n) is 2.47. The van der Waals surface area contributed by atoms with Crippen LogP contribution < -0.4 is 9.47 Å². The van der Waals surface area contributed by atoms with Crippen LogP contribution in [0.4, 0.5) is 0 Å². The summed E-state index contributed by atoms with van der Waals surface area (Å²) in [6, 6.07) is 10.2. The van der Waals surface area contributed by atoms with E-state index in [0.29, 0.717) is 10.8 Å². The maximum atomic E-state index is 12.2. The summed E-state index contributed by atoms with van der Waals surface area (Å²) in [6.07, 6.45) is 0. The molecular weight excluding hydrogens is 414 g/mol. The van der Waals surface area contributed by atoms with Gasteiger partial charge in [0.15, 0.2) is 5.75 Å². The smallest absolute Gasteiger partial charge is 0.347 e. The second-order valence-electron chi connectivity index (χ2n) is 3.79. The summed E-state index contributed by atoms with van der Waals surface area (Å²) in [5.41, 5.74) is 0.185. The predicted molar refractivity (Wildman–Crippen MR) is 87.1 cm³/mol. The molecule has 0 heterocycles. The van der Waals surface area contributed by atoms with Crippen LogP contribution in [0.15, 0.2) is 36.4 Å². The highest BCUT2D eigenvalue weighted by atomic mass is 127. The van der Waals surface area contributed by atoms with Gasteiger partial charge in [-0.25, -0.2) is 4.79 Å². The number of halogens is 3. The summed E-state index contributed by atoms with van der Waals surface area (Å²) in [5, 5.41) is 0.597. The molecule has 0 bridgehead atoms. The molecule has 2 rings (SSSR count). The van der Waals surface area contributed by atoms with Crippen molar-refractivity contribution >= 4 is 51.8 Å². The van der Waals surface area contributed by atoms with Crippen molar-refractivity contribution in [3.8, 4) is 11.5 Å². The lowest BCUT2D eigenvalue weighted by Crippen LogP contribution is -2.11. The zero-order valence-electron chi connectivity index (χ0n) is 10.3. The topological polar surface area (TPSA) is 35.5 Å². The molecule has 0 aliphatic rings. The average Bonchev–Trinajstić information content (AvgIpc) is 2.40. The first kappa shape index (κ1) is 15.4. The molecule has 2 aromatic rings. The molecule has 0 N–H and O–H groups in total. The van der Waals surface area contributed by atoms with Crippen LogP contribution in [0.3, 0.4) is 0 Å². The number of hydrogen-bond donors (Lipinski definition) is 0. The lowest BCUT2D eigenvalue weighted by atomic mass is 10.2. The molecule has 0 aliphatic carbocycles. The molecule has 6 heteroatoms. The first-order chi connectivity index (χ1) is 9.52. The summed E-state index contributed by atoms with van der Waals surface area (Å²) >= 11 is 14.0. The molecule has 0 aliphatic heterocycles. The van der Waals surface area contributed by atoms with E-state index in [1.54, 1.807) is 12.1 Å². The maximum Gasteiger partial charge on any atom is 0.347 e. The lowest BCUT2D eigenvalue weighted by Gasteiger charge is -2.11. The summed E-state index contributed by atoms with van der Waals surface area (Å²) in [4.78, 5) is 12.2. The third-order valence-corrected chi connectivity index (χ3v) is 3.86. The van der Waals surface area contributed by atoms with Crippen molar-refractivity contribution in [1.29, 1.82) is 0 Å². The molecule has 0 radical (unpaired) electrons. The SMILES string of the molecule is COc1c(Cl)cc(Cl)cc1C(=O)Oc1ccccc1I. The number of carbonyl (C=O) groups is 1. The average molecular weight is 423 g/mol. The van der Waals surface area contributed by atoms with Gasteiger partial charge in [0.25, 0.3) is 0 Å². The lowest BCUT2D eigenvalue weighted by molar-refractivity contribution is 0.0730. The van der Waals surface area contributed by atoms with Gasteiger partial charge in [-0.2, -0.15) is 0 Å². The molecule has 0 fully saturated rings. The zero-order valence-corrected chi connectivity index (χ0v) is 14.0. The van der Waals surface area contributed by atoms with Gasteiger partial charge in [-0.15, -0.1) is 0 Å². The van der Waals surface area contributed by atoms with Crippen LogP contribution in [-0.2, 0) is 0 Å². The fourth-order valence-electron chi connectivity index (χ4n) is 1.60. The predicted octanol–water partition coefficient (Wildman–Crippen LogP) is 4.83. The Morgan fingerprint density at radius 2 is 1.90 bits per heavy atom. The first-order valence-electron chi connectivity index (χ1n) is 5.52. The molecule has 0 saturated heterocycles. The minimum Gasteiger partial charge on any atom is -0.494 e. The zero-order chi connectivity index (χ0) is 14.7. The van der Waals surface area contributed by atoms with Gasteiger partial charge in [0, 0.05) is 5.02 Å². The van der Waals surface area contributed by atoms with Crippen LogP contribution >= 0.6 is 45.8 Å². The number of rotatable bonds is 3. The Balaban J connectivity index is 2.37. The van der Waals surface area contributed by atoms with Gasteiger partial charge in [0.05, 0.1) is 15.7 Å². The van der Waals surface area contributed by atoms with E-state index >= 15 is 0 Å². The molecule has 20 heavy (non-hydrogen) atoms. The standard InChI is InChI=1S/C14H9Cl2IO3/c1-19-13-9(6-8(15)7-10(13)16)14(18)20-12-5-3-2-4-11(12)17/h2-7H,1H3. The molecule has 2 aromatic carbocycles. The monoisotopic (exact) mass is 422 g/mol. The van der Waals surface area contributed by atoms with Gasteiger partial charge < -0.3 is 9.47 Å². The molecule has 0 spiro atoms. The highest BCUT2D eigenvalue weighted by Crippen LogP contribution is 2.33. The largest absolute Gasteiger partial charge is 0.494 e. The summed E-state index contributed by atoms with van der Waals surface area (Å²) in [7, 11) is 1.43. The van der Waals surface area contributed by atoms with Gasteiger partial charge >= 0.3 is 5.97 Å². The van der Waals surface area contributed by atoms with E-state index in [1.807, 2.05) is 12.1 Å². The van der Waals surface area contributed by atoms with Crippen molar-refractivity contribution in [2.45, 2.75) is 0 Å². The highest BCUT2D eigenvalue weighted by molar-refractivity contribution is 14.1. The van der Waals surface area contributed by atoms with Crippen LogP contribution in [0.1, 0.15) is 10.4 Å². The van der Waals surface area contributed by atoms with Crippen LogP contribution in [0.25, 0.3) is 0 Å². The Hall–Kier alpha value is -0.980. The van der Waals surface area contributed by atoms with Crippen molar-refractivity contribution in [2.24, 2.45) is 0 Å². The fraction of sp³-hybridized carbons (Fsp3) is 0.0714. The number of ether oxygens (including phenoxy) is 2. The molecule has 0 amide bonds. The molecule has 0 aromatic heterocycles. The Bertz CT molecular complexity index is 659. The van der Waals surface area contributed by atoms with Gasteiger partial charge in [0.2, 0.25) is 0 Å². The molecule has 3 nitrogen and oxygen atoms in total. The van der Waals surface area contributed by atoms with Crippen LogP contribution in [0, 0.1) is 3.57 Å². The van der Waals surface area contributed by atoms with E-state index in [-0.39, 0.29) is 16.3 Å². The van der Waals surface area contributed by atoms with Gasteiger partial charge in [0.1, 0.15) is 11.3 Å². The van der Waals surface area contributed by atoms with Crippen molar-refractivity contribution in [1.82, 2.24) is 0 Å². The number of carbonyl (C=O) groups excluding carboxylic acids is 1. The Labute approximate surface area is 139 Å².